The summed E-state index contributed by atoms with van der Waals surface area (Å²) >= 11 is 0. The summed E-state index contributed by atoms with van der Waals surface area (Å²) < 4.78 is 5.10. The topological polar surface area (TPSA) is 92.7 Å². The number of ether oxygens (including phenoxy) is 1. The van der Waals surface area contributed by atoms with E-state index >= 15 is 0 Å². The number of Topliss-reactive ketones (excluding diaryl/α,β-unsaturated/α-hetero) is 1. The third kappa shape index (κ3) is 7.75. The molecule has 0 heterocycles. The van der Waals surface area contributed by atoms with Gasteiger partial charge in [-0.05, 0) is 17.7 Å². The van der Waals surface area contributed by atoms with E-state index in [1.54, 1.807) is 24.3 Å². The summed E-state index contributed by atoms with van der Waals surface area (Å²) in [5.41, 5.74) is 2.12. The summed E-state index contributed by atoms with van der Waals surface area (Å²) in [6.45, 7) is 0.586. The van der Waals surface area contributed by atoms with Gasteiger partial charge in [0.2, 0.25) is 0 Å². The first-order valence-corrected chi connectivity index (χ1v) is 8.83. The molecule has 0 saturated heterocycles. The van der Waals surface area contributed by atoms with E-state index in [0.717, 1.165) is 11.1 Å². The highest BCUT2D eigenvalue weighted by Crippen LogP contribution is 2.08. The number of hydrogen-bond donors (Lipinski definition) is 2. The molecule has 1 amide bonds. The van der Waals surface area contributed by atoms with Gasteiger partial charge in [-0.15, -0.1) is 0 Å². The highest BCUT2D eigenvalue weighted by Gasteiger charge is 2.08. The number of carboxylic acids is 1. The molecular weight excluding hydrogens is 358 g/mol. The van der Waals surface area contributed by atoms with Crippen molar-refractivity contribution >= 4 is 17.8 Å². The summed E-state index contributed by atoms with van der Waals surface area (Å²) in [4.78, 5) is 33.9. The van der Waals surface area contributed by atoms with Crippen molar-refractivity contribution in [2.45, 2.75) is 25.9 Å². The van der Waals surface area contributed by atoms with Crippen molar-refractivity contribution < 1.29 is 24.2 Å². The Hall–Kier alpha value is -3.59. The van der Waals surface area contributed by atoms with E-state index in [2.05, 4.69) is 17.2 Å². The monoisotopic (exact) mass is 379 g/mol. The molecule has 2 N–H and O–H groups in total. The van der Waals surface area contributed by atoms with Gasteiger partial charge in [0.25, 0.3) is 0 Å². The average Bonchev–Trinajstić information content (AvgIpc) is 2.71. The highest BCUT2D eigenvalue weighted by atomic mass is 16.5. The van der Waals surface area contributed by atoms with Crippen molar-refractivity contribution in [3.05, 3.63) is 71.3 Å². The molecule has 144 valence electrons. The maximum Gasteiger partial charge on any atom is 0.407 e. The number of carbonyl (C=O) groups is 3. The molecule has 0 radical (unpaired) electrons. The zero-order chi connectivity index (χ0) is 20.2. The first-order valence-electron chi connectivity index (χ1n) is 8.83. The van der Waals surface area contributed by atoms with Gasteiger partial charge in [0.1, 0.15) is 6.61 Å². The van der Waals surface area contributed by atoms with Crippen LogP contribution < -0.4 is 5.32 Å². The largest absolute Gasteiger partial charge is 0.481 e. The Labute approximate surface area is 163 Å². The minimum absolute atomic E-state index is 0.0214. The number of amides is 1. The molecule has 0 aromatic heterocycles. The third-order valence-corrected chi connectivity index (χ3v) is 3.74. The number of rotatable bonds is 8. The van der Waals surface area contributed by atoms with Gasteiger partial charge in [-0.2, -0.15) is 0 Å². The Bertz CT molecular complexity index is 863. The second-order valence-corrected chi connectivity index (χ2v) is 5.93. The molecule has 0 aliphatic heterocycles. The van der Waals surface area contributed by atoms with Crippen molar-refractivity contribution in [3.8, 4) is 11.8 Å². The molecule has 6 heteroatoms. The SMILES string of the molecule is O=C(O)CCC(=O)c1ccc(C#CCCNC(=O)OCc2ccccc2)cc1. The maximum absolute atomic E-state index is 11.8. The van der Waals surface area contributed by atoms with Crippen molar-refractivity contribution in [1.29, 1.82) is 0 Å². The van der Waals surface area contributed by atoms with E-state index in [1.165, 1.54) is 0 Å². The maximum atomic E-state index is 11.8. The Balaban J connectivity index is 1.68. The van der Waals surface area contributed by atoms with Gasteiger partial charge in [0.15, 0.2) is 5.78 Å². The van der Waals surface area contributed by atoms with Crippen LogP contribution in [0.4, 0.5) is 4.79 Å². The Morgan fingerprint density at radius 1 is 0.964 bits per heavy atom. The molecule has 0 unspecified atom stereocenters. The van der Waals surface area contributed by atoms with Crippen LogP contribution in [0.1, 0.15) is 40.7 Å². The van der Waals surface area contributed by atoms with Gasteiger partial charge in [0, 0.05) is 30.5 Å². The summed E-state index contributed by atoms with van der Waals surface area (Å²) in [5, 5.41) is 11.2. The van der Waals surface area contributed by atoms with Crippen LogP contribution in [0.2, 0.25) is 0 Å². The van der Waals surface area contributed by atoms with Crippen molar-refractivity contribution in [1.82, 2.24) is 5.32 Å². The molecule has 2 rings (SSSR count). The number of aliphatic carboxylic acids is 1. The van der Waals surface area contributed by atoms with Crippen LogP contribution in [0.15, 0.2) is 54.6 Å². The summed E-state index contributed by atoms with van der Waals surface area (Å²) in [5.74, 6) is 4.68. The number of carboxylic acid groups (broad SMARTS) is 1. The molecule has 0 bridgehead atoms. The minimum atomic E-state index is -0.992. The Morgan fingerprint density at radius 3 is 2.36 bits per heavy atom. The standard InChI is InChI=1S/C22H21NO5/c24-20(13-14-21(25)26)19-11-9-17(10-12-19)6-4-5-15-23-22(27)28-16-18-7-2-1-3-8-18/h1-3,7-12H,5,13-16H2,(H,23,27)(H,25,26). The molecule has 0 aliphatic rings. The van der Waals surface area contributed by atoms with Crippen LogP contribution in [-0.4, -0.2) is 29.5 Å². The van der Waals surface area contributed by atoms with E-state index in [-0.39, 0.29) is 25.2 Å². The number of alkyl carbamates (subject to hydrolysis) is 1. The quantitative estimate of drug-likeness (QED) is 0.417. The minimum Gasteiger partial charge on any atom is -0.481 e. The first kappa shape index (κ1) is 20.7. The zero-order valence-corrected chi connectivity index (χ0v) is 15.3. The number of hydrogen-bond acceptors (Lipinski definition) is 4. The van der Waals surface area contributed by atoms with Gasteiger partial charge >= 0.3 is 12.1 Å². The van der Waals surface area contributed by atoms with Crippen LogP contribution in [0, 0.1) is 11.8 Å². The summed E-state index contributed by atoms with van der Waals surface area (Å²) in [6, 6.07) is 16.1. The number of benzene rings is 2. The molecular formula is C22H21NO5. The second kappa shape index (κ2) is 11.2. The molecule has 2 aromatic carbocycles. The van der Waals surface area contributed by atoms with E-state index in [9.17, 15) is 14.4 Å². The Kier molecular flexibility index (Phi) is 8.28. The molecule has 2 aromatic rings. The smallest absolute Gasteiger partial charge is 0.407 e. The van der Waals surface area contributed by atoms with E-state index < -0.39 is 12.1 Å². The number of carbonyl (C=O) groups excluding carboxylic acids is 2. The first-order chi connectivity index (χ1) is 13.5. The normalized spacial score (nSPS) is 9.71. The molecule has 0 saturated carbocycles. The molecule has 6 nitrogen and oxygen atoms in total. The third-order valence-electron chi connectivity index (χ3n) is 3.74. The lowest BCUT2D eigenvalue weighted by Gasteiger charge is -2.05. The molecule has 0 aliphatic carbocycles. The van der Waals surface area contributed by atoms with Gasteiger partial charge in [0.05, 0.1) is 6.42 Å². The summed E-state index contributed by atoms with van der Waals surface area (Å²) in [6.07, 6.45) is -0.234. The predicted octanol–water partition coefficient (Wildman–Crippen LogP) is 3.40. The number of nitrogens with one attached hydrogen (secondary N) is 1. The fraction of sp³-hybridized carbons (Fsp3) is 0.227. The van der Waals surface area contributed by atoms with E-state index in [4.69, 9.17) is 9.84 Å². The summed E-state index contributed by atoms with van der Waals surface area (Å²) in [7, 11) is 0. The molecule has 0 atom stereocenters. The van der Waals surface area contributed by atoms with Gasteiger partial charge < -0.3 is 15.2 Å². The van der Waals surface area contributed by atoms with E-state index in [1.807, 2.05) is 30.3 Å². The van der Waals surface area contributed by atoms with Gasteiger partial charge in [-0.3, -0.25) is 9.59 Å². The lowest BCUT2D eigenvalue weighted by Crippen LogP contribution is -2.24. The van der Waals surface area contributed by atoms with Gasteiger partial charge in [-0.1, -0.05) is 54.3 Å². The lowest BCUT2D eigenvalue weighted by atomic mass is 10.0. The Morgan fingerprint density at radius 2 is 1.68 bits per heavy atom. The predicted molar refractivity (Wildman–Crippen MR) is 104 cm³/mol. The van der Waals surface area contributed by atoms with Crippen LogP contribution in [-0.2, 0) is 16.1 Å². The van der Waals surface area contributed by atoms with Crippen molar-refractivity contribution in [2.24, 2.45) is 0 Å². The fourth-order valence-electron chi connectivity index (χ4n) is 2.27. The van der Waals surface area contributed by atoms with Crippen LogP contribution in [0.25, 0.3) is 0 Å². The average molecular weight is 379 g/mol. The highest BCUT2D eigenvalue weighted by molar-refractivity contribution is 5.97. The van der Waals surface area contributed by atoms with Crippen LogP contribution in [0.5, 0.6) is 0 Å². The van der Waals surface area contributed by atoms with Crippen LogP contribution >= 0.6 is 0 Å². The van der Waals surface area contributed by atoms with Crippen LogP contribution in [0.3, 0.4) is 0 Å². The molecule has 28 heavy (non-hydrogen) atoms. The zero-order valence-electron chi connectivity index (χ0n) is 15.3. The fourth-order valence-corrected chi connectivity index (χ4v) is 2.27. The second-order valence-electron chi connectivity index (χ2n) is 5.93. The lowest BCUT2D eigenvalue weighted by molar-refractivity contribution is -0.136. The number of ketones is 1. The molecule has 0 fully saturated rings. The van der Waals surface area contributed by atoms with Crippen molar-refractivity contribution in [3.63, 3.8) is 0 Å². The van der Waals surface area contributed by atoms with Crippen molar-refractivity contribution in [2.75, 3.05) is 6.54 Å². The van der Waals surface area contributed by atoms with Gasteiger partial charge in [-0.25, -0.2) is 4.79 Å². The van der Waals surface area contributed by atoms with E-state index in [0.29, 0.717) is 18.5 Å². The molecule has 0 spiro atoms.